The van der Waals surface area contributed by atoms with Gasteiger partial charge in [0.05, 0.1) is 0 Å². The van der Waals surface area contributed by atoms with E-state index in [0.29, 0.717) is 22.9 Å². The van der Waals surface area contributed by atoms with Crippen molar-refractivity contribution in [3.8, 4) is 12.3 Å². The van der Waals surface area contributed by atoms with E-state index in [-0.39, 0.29) is 34.5 Å². The summed E-state index contributed by atoms with van der Waals surface area (Å²) in [5.41, 5.74) is 2.14. The second kappa shape index (κ2) is 15.8. The number of tetrazole rings is 1. The van der Waals surface area contributed by atoms with Crippen LogP contribution in [0, 0.1) is 12.3 Å². The number of hydrogen-bond acceptors (Lipinski definition) is 14. The largest absolute Gasteiger partial charge is 0.448 e. The number of carbonyl (C=O) groups is 4. The third-order valence-corrected chi connectivity index (χ3v) is 10.6. The molecule has 6 rings (SSSR count). The van der Waals surface area contributed by atoms with Gasteiger partial charge in [-0.3, -0.25) is 19.3 Å². The second-order valence-corrected chi connectivity index (χ2v) is 13.4. The van der Waals surface area contributed by atoms with Gasteiger partial charge in [0.1, 0.15) is 36.5 Å². The number of oxime groups is 1. The molecular weight excluding hydrogens is 703 g/mol. The Bertz CT molecular complexity index is 1950. The average molecular weight is 730 g/mol. The Labute approximate surface area is 297 Å². The number of benzene rings is 2. The van der Waals surface area contributed by atoms with Crippen LogP contribution in [0.25, 0.3) is 0 Å². The zero-order valence-electron chi connectivity index (χ0n) is 26.2. The molecule has 2 aliphatic rings. The van der Waals surface area contributed by atoms with Crippen molar-refractivity contribution in [1.29, 1.82) is 0 Å². The number of β-lactam (4-membered cyclic amide) rings is 1. The fourth-order valence-corrected chi connectivity index (χ4v) is 8.19. The molecule has 0 saturated carbocycles. The summed E-state index contributed by atoms with van der Waals surface area (Å²) in [6, 6.07) is 17.6. The molecule has 15 nitrogen and oxygen atoms in total. The first-order valence-electron chi connectivity index (χ1n) is 14.8. The lowest BCUT2D eigenvalue weighted by molar-refractivity contribution is -0.154. The predicted molar refractivity (Wildman–Crippen MR) is 186 cm³/mol. The maximum absolute atomic E-state index is 14.3. The van der Waals surface area contributed by atoms with Gasteiger partial charge in [0.25, 0.3) is 11.8 Å². The number of hydrogen-bond donors (Lipinski definition) is 2. The molecule has 2 aromatic heterocycles. The molecule has 4 heterocycles. The standard InChI is InChI=1S/C32H27N9O6S3/c1-3-14-40-32(36-38-39-40)50-16-21-15-48-29-24(35-27(43)23(37-46-2)22-17-49-31(34-22)33-18-42)28(44)41(29)25(21)30(45)47-26(19-10-6-4-7-11-19)20-12-8-5-9-13-20/h1,4-13,17-18,24,26,29H,14-16H2,2H3,(H,35,43)(H,33,34,42)/b37-23+/t24?,29-/m1/s1. The van der Waals surface area contributed by atoms with E-state index in [1.165, 1.54) is 45.6 Å². The van der Waals surface area contributed by atoms with Crippen LogP contribution < -0.4 is 10.6 Å². The minimum Gasteiger partial charge on any atom is -0.448 e. The van der Waals surface area contributed by atoms with Gasteiger partial charge in [0, 0.05) is 16.9 Å². The molecule has 18 heteroatoms. The third kappa shape index (κ3) is 7.24. The molecule has 50 heavy (non-hydrogen) atoms. The van der Waals surface area contributed by atoms with Crippen LogP contribution in [-0.2, 0) is 35.3 Å². The molecule has 1 unspecified atom stereocenters. The Morgan fingerprint density at radius 3 is 2.56 bits per heavy atom. The van der Waals surface area contributed by atoms with Crippen LogP contribution in [0.1, 0.15) is 22.9 Å². The van der Waals surface area contributed by atoms with Gasteiger partial charge in [-0.25, -0.2) is 14.5 Å². The highest BCUT2D eigenvalue weighted by Gasteiger charge is 2.55. The number of nitrogens with one attached hydrogen (secondary N) is 2. The van der Waals surface area contributed by atoms with Crippen LogP contribution in [0.15, 0.2) is 87.6 Å². The van der Waals surface area contributed by atoms with Gasteiger partial charge in [-0.2, -0.15) is 0 Å². The number of amides is 3. The highest BCUT2D eigenvalue weighted by molar-refractivity contribution is 8.01. The maximum atomic E-state index is 14.3. The van der Waals surface area contributed by atoms with Crippen LogP contribution in [0.3, 0.4) is 0 Å². The van der Waals surface area contributed by atoms with Crippen molar-refractivity contribution >= 4 is 69.9 Å². The lowest BCUT2D eigenvalue weighted by Gasteiger charge is -2.49. The van der Waals surface area contributed by atoms with Crippen molar-refractivity contribution in [1.82, 2.24) is 35.4 Å². The van der Waals surface area contributed by atoms with Gasteiger partial charge in [-0.15, -0.1) is 34.6 Å². The number of rotatable bonds is 14. The Kier molecular flexibility index (Phi) is 10.9. The molecule has 3 amide bonds. The number of esters is 1. The van der Waals surface area contributed by atoms with Crippen LogP contribution >= 0.6 is 34.9 Å². The van der Waals surface area contributed by atoms with Crippen molar-refractivity contribution in [3.63, 3.8) is 0 Å². The van der Waals surface area contributed by atoms with Crippen molar-refractivity contribution < 1.29 is 28.8 Å². The molecule has 0 radical (unpaired) electrons. The Morgan fingerprint density at radius 1 is 1.18 bits per heavy atom. The summed E-state index contributed by atoms with van der Waals surface area (Å²) in [5, 5.41) is 22.2. The molecule has 254 valence electrons. The van der Waals surface area contributed by atoms with Crippen molar-refractivity contribution in [2.45, 2.75) is 29.2 Å². The van der Waals surface area contributed by atoms with Crippen LogP contribution in [-0.4, -0.2) is 90.0 Å². The van der Waals surface area contributed by atoms with E-state index in [0.717, 1.165) is 22.5 Å². The van der Waals surface area contributed by atoms with Crippen molar-refractivity contribution in [2.75, 3.05) is 23.9 Å². The molecule has 0 bridgehead atoms. The molecule has 0 aliphatic carbocycles. The fourth-order valence-electron chi connectivity index (χ4n) is 5.17. The minimum absolute atomic E-state index is 0.0828. The number of thioether (sulfide) groups is 2. The third-order valence-electron chi connectivity index (χ3n) is 7.40. The van der Waals surface area contributed by atoms with Gasteiger partial charge in [0.15, 0.2) is 16.9 Å². The molecular formula is C32H27N9O6S3. The molecule has 1 saturated heterocycles. The van der Waals surface area contributed by atoms with E-state index in [1.54, 1.807) is 0 Å². The second-order valence-electron chi connectivity index (χ2n) is 10.5. The molecule has 1 fully saturated rings. The smallest absolute Gasteiger partial charge is 0.356 e. The number of ether oxygens (including phenoxy) is 1. The number of fused-ring (bicyclic) bond motifs is 1. The molecule has 2 aliphatic heterocycles. The summed E-state index contributed by atoms with van der Waals surface area (Å²) < 4.78 is 7.68. The van der Waals surface area contributed by atoms with Crippen molar-refractivity contribution in [2.24, 2.45) is 5.16 Å². The van der Waals surface area contributed by atoms with E-state index < -0.39 is 35.3 Å². The van der Waals surface area contributed by atoms with Crippen LogP contribution in [0.5, 0.6) is 0 Å². The monoisotopic (exact) mass is 729 g/mol. The molecule has 2 atom stereocenters. The summed E-state index contributed by atoms with van der Waals surface area (Å²) in [5.74, 6) is 1.14. The number of carbonyl (C=O) groups excluding carboxylic acids is 4. The van der Waals surface area contributed by atoms with Gasteiger partial charge in [0.2, 0.25) is 11.6 Å². The highest BCUT2D eigenvalue weighted by Crippen LogP contribution is 2.43. The quantitative estimate of drug-likeness (QED) is 0.0369. The van der Waals surface area contributed by atoms with E-state index in [4.69, 9.17) is 16.0 Å². The Morgan fingerprint density at radius 2 is 1.90 bits per heavy atom. The number of terminal acetylenes is 1. The lowest BCUT2D eigenvalue weighted by Crippen LogP contribution is -2.71. The maximum Gasteiger partial charge on any atom is 0.356 e. The summed E-state index contributed by atoms with van der Waals surface area (Å²) in [7, 11) is 1.27. The molecule has 2 N–H and O–H groups in total. The van der Waals surface area contributed by atoms with Gasteiger partial charge >= 0.3 is 5.97 Å². The highest BCUT2D eigenvalue weighted by atomic mass is 32.2. The van der Waals surface area contributed by atoms with E-state index in [2.05, 4.69) is 42.2 Å². The van der Waals surface area contributed by atoms with E-state index in [1.807, 2.05) is 60.7 Å². The number of anilines is 1. The summed E-state index contributed by atoms with van der Waals surface area (Å²) in [6.07, 6.45) is 5.16. The van der Waals surface area contributed by atoms with E-state index in [9.17, 15) is 19.2 Å². The number of nitrogens with zero attached hydrogens (tertiary/aromatic N) is 7. The number of thiazole rings is 1. The van der Waals surface area contributed by atoms with Gasteiger partial charge in [-0.1, -0.05) is 83.5 Å². The van der Waals surface area contributed by atoms with E-state index >= 15 is 0 Å². The first-order valence-corrected chi connectivity index (χ1v) is 17.7. The fraction of sp³-hybridized carbons (Fsp3) is 0.219. The van der Waals surface area contributed by atoms with Crippen LogP contribution in [0.2, 0.25) is 0 Å². The molecule has 2 aromatic carbocycles. The molecule has 0 spiro atoms. The SMILES string of the molecule is C#CCn1nnnc1SCC1=C(C(=O)OC(c2ccccc2)c2ccccc2)N2C(=O)C(NC(=O)/C(=N/OC)c3csc(NC=O)n3)[C@H]2SC1. The first-order chi connectivity index (χ1) is 24.4. The first kappa shape index (κ1) is 34.4. The number of aromatic nitrogens is 5. The Balaban J connectivity index is 1.28. The van der Waals surface area contributed by atoms with Gasteiger partial charge in [-0.05, 0) is 27.1 Å². The minimum atomic E-state index is -1.00. The van der Waals surface area contributed by atoms with Crippen LogP contribution in [0.4, 0.5) is 5.13 Å². The molecule has 4 aromatic rings. The van der Waals surface area contributed by atoms with Crippen molar-refractivity contribution in [3.05, 3.63) is 94.1 Å². The Hall–Kier alpha value is -5.51. The summed E-state index contributed by atoms with van der Waals surface area (Å²) in [6.45, 7) is 0.159. The zero-order valence-corrected chi connectivity index (χ0v) is 28.6. The average Bonchev–Trinajstić information content (AvgIpc) is 3.80. The zero-order chi connectivity index (χ0) is 35.0. The summed E-state index contributed by atoms with van der Waals surface area (Å²) in [4.78, 5) is 62.8. The summed E-state index contributed by atoms with van der Waals surface area (Å²) >= 11 is 3.73. The lowest BCUT2D eigenvalue weighted by atomic mass is 10.0. The normalized spacial score (nSPS) is 17.0. The predicted octanol–water partition coefficient (Wildman–Crippen LogP) is 2.46. The topological polar surface area (TPSA) is 183 Å². The van der Waals surface area contributed by atoms with Gasteiger partial charge < -0.3 is 20.2 Å².